The molecule has 29 heteroatoms. The van der Waals surface area contributed by atoms with Gasteiger partial charge in [0, 0.05) is 41.5 Å². The number of azide groups is 1. The van der Waals surface area contributed by atoms with Crippen molar-refractivity contribution in [3.05, 3.63) is 185 Å². The van der Waals surface area contributed by atoms with Gasteiger partial charge in [-0.1, -0.05) is 86.6 Å². The van der Waals surface area contributed by atoms with Gasteiger partial charge < -0.3 is 37.9 Å². The molecule has 0 bridgehead atoms. The van der Waals surface area contributed by atoms with Gasteiger partial charge in [-0.3, -0.25) is 19.0 Å². The van der Waals surface area contributed by atoms with E-state index in [4.69, 9.17) is 52.0 Å². The lowest BCUT2D eigenvalue weighted by molar-refractivity contribution is 0.158. The fourth-order valence-electron chi connectivity index (χ4n) is 6.77. The molecular weight excluding hydrogens is 1140 g/mol. The first-order valence-corrected chi connectivity index (χ1v) is 36.9. The fourth-order valence-corrected chi connectivity index (χ4v) is 18.3. The van der Waals surface area contributed by atoms with Crippen molar-refractivity contribution in [2.75, 3.05) is 39.9 Å². The smallest absolute Gasteiger partial charge is 0.339 e. The van der Waals surface area contributed by atoms with Crippen LogP contribution in [-0.4, -0.2) is 86.6 Å². The van der Waals surface area contributed by atoms with Gasteiger partial charge in [0.15, 0.2) is 6.73 Å². The van der Waals surface area contributed by atoms with Gasteiger partial charge in [0.2, 0.25) is 14.1 Å². The summed E-state index contributed by atoms with van der Waals surface area (Å²) in [6.45, 7) is 0.219. The Morgan fingerprint density at radius 2 is 1.18 bits per heavy atom. The summed E-state index contributed by atoms with van der Waals surface area (Å²) in [6, 6.07) is 50.0. The van der Waals surface area contributed by atoms with E-state index in [-0.39, 0.29) is 28.2 Å². The Morgan fingerprint density at radius 3 is 1.72 bits per heavy atom. The Labute approximate surface area is 446 Å². The first kappa shape index (κ1) is 59.1. The van der Waals surface area contributed by atoms with Crippen molar-refractivity contribution in [1.82, 2.24) is 14.7 Å². The van der Waals surface area contributed by atoms with E-state index in [1.807, 2.05) is 116 Å². The largest absolute Gasteiger partial charge is 0.472 e. The van der Waals surface area contributed by atoms with E-state index in [0.717, 1.165) is 37.5 Å². The fraction of sp³-hybridized carbons (Fsp3) is 0.156. The molecule has 0 saturated heterocycles. The van der Waals surface area contributed by atoms with Crippen LogP contribution in [0.5, 0.6) is 23.0 Å². The summed E-state index contributed by atoms with van der Waals surface area (Å²) < 4.78 is 54.3. The van der Waals surface area contributed by atoms with Crippen LogP contribution in [0.15, 0.2) is 177 Å². The molecule has 5 unspecified atom stereocenters. The molecule has 19 nitrogen and oxygen atoms in total. The quantitative estimate of drug-likeness (QED) is 0.00712. The van der Waals surface area contributed by atoms with Crippen molar-refractivity contribution < 1.29 is 47.0 Å². The standard InChI is InChI=1S/C45H53N9O10P8S2/c1-52(47-31-37-15-19-40(20-16-37)62-66-68(65)50-49-46)33-61-39-25-27-45(28-26-39)72(43-9-5-3-6-10-43,44-11-7-4-8-12-44)51-67(73)63-41-23-17-38(18-24-41)32-48-53(2)69(74)64-42-21-13-36(14-22-42)29-30-54(34-70(55,56)57)35-71(58,59)60/h3-28,31-32,66-67,69H,29-30,33-35,65H2,1-2H3,(H2,55,56,57)(H2,58,59,60). The van der Waals surface area contributed by atoms with Crippen LogP contribution in [0.4, 0.5) is 0 Å². The molecule has 74 heavy (non-hydrogen) atoms. The first-order chi connectivity index (χ1) is 35.4. The highest BCUT2D eigenvalue weighted by Crippen LogP contribution is 2.63. The minimum absolute atomic E-state index is 0.0252. The number of rotatable bonds is 27. The van der Waals surface area contributed by atoms with E-state index in [9.17, 15) is 28.7 Å². The molecule has 0 aliphatic carbocycles. The van der Waals surface area contributed by atoms with Gasteiger partial charge in [-0.25, -0.2) is 9.29 Å². The van der Waals surface area contributed by atoms with Crippen LogP contribution in [0.25, 0.3) is 10.4 Å². The van der Waals surface area contributed by atoms with Crippen LogP contribution >= 0.6 is 61.3 Å². The first-order valence-electron chi connectivity index (χ1n) is 21.9. The molecule has 6 aromatic rings. The van der Waals surface area contributed by atoms with Crippen molar-refractivity contribution in [1.29, 1.82) is 0 Å². The maximum absolute atomic E-state index is 11.5. The average Bonchev–Trinajstić information content (AvgIpc) is 3.38. The number of benzene rings is 6. The van der Waals surface area contributed by atoms with Crippen molar-refractivity contribution in [3.8, 4) is 23.0 Å². The summed E-state index contributed by atoms with van der Waals surface area (Å²) in [7, 11) is -10.9. The number of hydrogen-bond donors (Lipinski definition) is 4. The minimum Gasteiger partial charge on any atom is -0.472 e. The van der Waals surface area contributed by atoms with E-state index in [1.54, 1.807) is 53.5 Å². The second-order valence-electron chi connectivity index (χ2n) is 15.8. The third-order valence-electron chi connectivity index (χ3n) is 10.1. The van der Waals surface area contributed by atoms with Gasteiger partial charge in [-0.2, -0.15) is 10.2 Å². The molecule has 4 N–H and O–H groups in total. The number of nitrogens with zero attached hydrogens (tertiary/aromatic N) is 9. The second kappa shape index (κ2) is 28.8. The molecule has 390 valence electrons. The van der Waals surface area contributed by atoms with Crippen LogP contribution in [0.1, 0.15) is 16.7 Å². The Bertz CT molecular complexity index is 3020. The zero-order chi connectivity index (χ0) is 53.1. The lowest BCUT2D eigenvalue weighted by Crippen LogP contribution is -2.28. The van der Waals surface area contributed by atoms with E-state index in [1.165, 1.54) is 0 Å². The Hall–Kier alpha value is -4.15. The normalized spacial score (nSPS) is 13.4. The molecule has 0 radical (unpaired) electrons. The van der Waals surface area contributed by atoms with Crippen molar-refractivity contribution in [2.45, 2.75) is 6.42 Å². The third kappa shape index (κ3) is 19.5. The Balaban J connectivity index is 1.08. The van der Waals surface area contributed by atoms with Crippen LogP contribution in [0.2, 0.25) is 0 Å². The lowest BCUT2D eigenvalue weighted by atomic mass is 10.1. The van der Waals surface area contributed by atoms with Gasteiger partial charge >= 0.3 is 15.2 Å². The molecule has 0 aromatic heterocycles. The molecule has 0 amide bonds. The lowest BCUT2D eigenvalue weighted by Gasteiger charge is -2.27. The van der Waals surface area contributed by atoms with Crippen LogP contribution in [-0.2, 0) is 39.2 Å². The number of hydrazone groups is 2. The molecule has 0 aliphatic heterocycles. The number of ether oxygens (including phenoxy) is 1. The van der Waals surface area contributed by atoms with E-state index in [2.05, 4.69) is 53.2 Å². The van der Waals surface area contributed by atoms with Crippen LogP contribution in [0, 0.1) is 0 Å². The monoisotopic (exact) mass is 1190 g/mol. The zero-order valence-corrected chi connectivity index (χ0v) is 49.0. The van der Waals surface area contributed by atoms with Crippen molar-refractivity contribution in [2.24, 2.45) is 19.6 Å². The summed E-state index contributed by atoms with van der Waals surface area (Å²) in [5, 5.41) is 13.7. The summed E-state index contributed by atoms with van der Waals surface area (Å²) in [5.41, 5.74) is 11.0. The Kier molecular flexibility index (Phi) is 23.0. The molecule has 0 heterocycles. The molecule has 0 saturated carbocycles. The van der Waals surface area contributed by atoms with Gasteiger partial charge in [-0.15, -0.1) is 0 Å². The van der Waals surface area contributed by atoms with Crippen LogP contribution < -0.4 is 34.2 Å². The maximum atomic E-state index is 11.5. The van der Waals surface area contributed by atoms with Crippen molar-refractivity contribution >= 4 is 113 Å². The Morgan fingerprint density at radius 1 is 0.689 bits per heavy atom. The van der Waals surface area contributed by atoms with Gasteiger partial charge in [-0.05, 0) is 137 Å². The van der Waals surface area contributed by atoms with E-state index < -0.39 is 56.4 Å². The molecule has 0 spiro atoms. The maximum Gasteiger partial charge on any atom is 0.339 e. The third-order valence-corrected chi connectivity index (χ3v) is 23.3. The minimum atomic E-state index is -4.53. The topological polar surface area (TPSA) is 248 Å². The predicted molar refractivity (Wildman–Crippen MR) is 315 cm³/mol. The highest BCUT2D eigenvalue weighted by molar-refractivity contribution is 8.46. The molecular formula is C45H53N9O10P8S2. The van der Waals surface area contributed by atoms with E-state index in [0.29, 0.717) is 23.0 Å². The van der Waals surface area contributed by atoms with Crippen LogP contribution in [0.3, 0.4) is 0 Å². The van der Waals surface area contributed by atoms with Gasteiger partial charge in [0.25, 0.3) is 0 Å². The average molecular weight is 1190 g/mol. The van der Waals surface area contributed by atoms with Gasteiger partial charge in [0.1, 0.15) is 44.1 Å². The summed E-state index contributed by atoms with van der Waals surface area (Å²) >= 11 is 11.7. The highest BCUT2D eigenvalue weighted by Gasteiger charge is 2.29. The molecule has 0 fully saturated rings. The zero-order valence-electron chi connectivity index (χ0n) is 39.6. The summed E-state index contributed by atoms with van der Waals surface area (Å²) in [6.07, 6.45) is 2.15. The second-order valence-corrected chi connectivity index (χ2v) is 33.1. The summed E-state index contributed by atoms with van der Waals surface area (Å²) in [5.74, 6) is 2.39. The van der Waals surface area contributed by atoms with Gasteiger partial charge in [0.05, 0.1) is 26.9 Å². The molecule has 0 aliphatic rings. The predicted octanol–water partition coefficient (Wildman–Crippen LogP) is 10.4. The highest BCUT2D eigenvalue weighted by atomic mass is 32.4. The number of hydrogen-bond acceptors (Lipinski definition) is 13. The summed E-state index contributed by atoms with van der Waals surface area (Å²) in [4.78, 5) is 44.9. The van der Waals surface area contributed by atoms with Crippen molar-refractivity contribution in [3.63, 3.8) is 0 Å². The molecule has 5 atom stereocenters. The molecule has 6 rings (SSSR count). The molecule has 6 aromatic carbocycles. The SMILES string of the molecule is CN(COc1ccc(P(=N[PH](=S)Oc2ccc(C=NN(C)[PH](=S)Oc3ccc(CCN(CP(=O)(O)O)CP(=O)(O)O)cc3)cc2)(c2ccccc2)c2ccccc2)cc1)N=Cc1ccc(OPP(P)N=[N+]=[N-])cc1. The van der Waals surface area contributed by atoms with E-state index >= 15 is 0 Å².